The molecule has 0 aliphatic rings. The molecule has 0 fully saturated rings. The SMILES string of the molecule is c1ccc(-c2cc(-c3ccccc3)nc(-c3cc(-c4ccc5cccnc5c4)cc(-c4ccc5cccnc5c4)c3)n2)cc1.c1ccc(-c2cc(-c3ccccc3)nc(-c3cc(-c4ccc5ncccc5c4)cc(-c4ccc5ncccc5c4)c3)n2)cc1.c1ccc(-c2cc(-c3ccccc3)nc(-c3cc(-c4cccc5cnccc45)cc(-c4cccc5cnccc45)c3)n2)cc1. The standard InChI is InChI=1S/3C40H26N4/c1-3-9-27(10-4-1)38-26-39(28-11-5-2-6-12-28)44-40(43-38)35-24-33(29-15-17-36-31(21-29)13-7-19-41-36)23-34(25-35)30-16-18-37-32(22-30)14-8-20-42-37;1-3-9-27(10-4-1)38-26-39(28-11-5-2-6-12-28)44-40(43-38)35-22-33(31-17-15-29-13-7-19-41-36(29)24-31)21-34(23-35)32-18-16-30-14-8-20-42-37(30)25-32;1-3-9-27(10-4-1)38-24-39(28-11-5-2-6-12-28)44-40(43-38)33-22-31(34-15-7-13-29-25-41-19-17-36(29)34)21-32(23-33)35-16-8-14-30-26-42-20-18-37(30)35/h3*1-26H. The van der Waals surface area contributed by atoms with Gasteiger partial charge in [0.05, 0.1) is 56.2 Å². The minimum Gasteiger partial charge on any atom is -0.264 e. The predicted octanol–water partition coefficient (Wildman–Crippen LogP) is 29.7. The molecule has 0 N–H and O–H groups in total. The lowest BCUT2D eigenvalue weighted by Gasteiger charge is -2.15. The van der Waals surface area contributed by atoms with E-state index in [0.29, 0.717) is 17.5 Å². The van der Waals surface area contributed by atoms with E-state index >= 15 is 0 Å². The van der Waals surface area contributed by atoms with Crippen molar-refractivity contribution in [3.8, 4) is 168 Å². The Labute approximate surface area is 762 Å². The van der Waals surface area contributed by atoms with E-state index in [1.165, 1.54) is 0 Å². The molecule has 0 bridgehead atoms. The van der Waals surface area contributed by atoms with Gasteiger partial charge in [0, 0.05) is 132 Å². The molecule has 12 nitrogen and oxygen atoms in total. The highest BCUT2D eigenvalue weighted by molar-refractivity contribution is 6.02. The zero-order valence-electron chi connectivity index (χ0n) is 71.4. The monoisotopic (exact) mass is 1690 g/mol. The lowest BCUT2D eigenvalue weighted by Crippen LogP contribution is -1.97. The number of pyridine rings is 6. The summed E-state index contributed by atoms with van der Waals surface area (Å²) in [5.74, 6) is 2.03. The summed E-state index contributed by atoms with van der Waals surface area (Å²) < 4.78 is 0. The van der Waals surface area contributed by atoms with Gasteiger partial charge in [0.15, 0.2) is 17.5 Å². The Morgan fingerprint density at radius 3 is 0.727 bits per heavy atom. The highest BCUT2D eigenvalue weighted by atomic mass is 14.9. The fraction of sp³-hybridized carbons (Fsp3) is 0. The summed E-state index contributed by atoms with van der Waals surface area (Å²) in [6.45, 7) is 0. The van der Waals surface area contributed by atoms with E-state index in [0.717, 1.165) is 216 Å². The quantitative estimate of drug-likeness (QED) is 0.0959. The zero-order valence-corrected chi connectivity index (χ0v) is 71.4. The van der Waals surface area contributed by atoms with Gasteiger partial charge in [0.25, 0.3) is 0 Å². The van der Waals surface area contributed by atoms with Crippen molar-refractivity contribution in [1.82, 2.24) is 59.8 Å². The maximum absolute atomic E-state index is 5.16. The third-order valence-corrected chi connectivity index (χ3v) is 23.9. The van der Waals surface area contributed by atoms with Crippen LogP contribution in [0.25, 0.3) is 234 Å². The topological polar surface area (TPSA) is 155 Å². The van der Waals surface area contributed by atoms with Gasteiger partial charge in [0.2, 0.25) is 0 Å². The Kier molecular flexibility index (Phi) is 21.9. The second kappa shape index (κ2) is 36.2. The maximum atomic E-state index is 5.16. The van der Waals surface area contributed by atoms with Gasteiger partial charge in [-0.3, -0.25) is 29.9 Å². The number of rotatable bonds is 15. The first-order valence-electron chi connectivity index (χ1n) is 43.9. The Hall–Kier alpha value is -18.0. The Balaban J connectivity index is 0.000000116. The summed E-state index contributed by atoms with van der Waals surface area (Å²) in [4.78, 5) is 57.9. The normalized spacial score (nSPS) is 11.2. The number of aromatic nitrogens is 12. The third-order valence-electron chi connectivity index (χ3n) is 23.9. The van der Waals surface area contributed by atoms with E-state index in [-0.39, 0.29) is 0 Å². The van der Waals surface area contributed by atoms with Gasteiger partial charge < -0.3 is 0 Å². The predicted molar refractivity (Wildman–Crippen MR) is 539 cm³/mol. The molecule has 0 saturated heterocycles. The molecule has 24 aromatic rings. The van der Waals surface area contributed by atoms with Crippen LogP contribution in [0.15, 0.2) is 474 Å². The Bertz CT molecular complexity index is 7590. The van der Waals surface area contributed by atoms with Gasteiger partial charge in [0.1, 0.15) is 0 Å². The van der Waals surface area contributed by atoms with Gasteiger partial charge in [-0.1, -0.05) is 279 Å². The molecule has 15 aromatic carbocycles. The molecule has 9 aromatic heterocycles. The molecular weight excluding hydrogens is 1610 g/mol. The fourth-order valence-corrected chi connectivity index (χ4v) is 17.3. The third kappa shape index (κ3) is 17.1. The molecular formula is C120H78N12. The summed E-state index contributed by atoms with van der Waals surface area (Å²) >= 11 is 0. The van der Waals surface area contributed by atoms with Crippen LogP contribution in [0, 0.1) is 0 Å². The van der Waals surface area contributed by atoms with E-state index in [4.69, 9.17) is 29.9 Å². The van der Waals surface area contributed by atoms with Crippen LogP contribution in [0.3, 0.4) is 0 Å². The number of nitrogens with zero attached hydrogens (tertiary/aromatic N) is 12. The van der Waals surface area contributed by atoms with E-state index in [1.807, 2.05) is 183 Å². The Morgan fingerprint density at radius 2 is 0.402 bits per heavy atom. The summed E-state index contributed by atoms with van der Waals surface area (Å²) in [6, 6.07) is 147. The van der Waals surface area contributed by atoms with E-state index in [9.17, 15) is 0 Å². The molecule has 0 saturated carbocycles. The molecule has 618 valence electrons. The van der Waals surface area contributed by atoms with E-state index < -0.39 is 0 Å². The van der Waals surface area contributed by atoms with Crippen molar-refractivity contribution < 1.29 is 0 Å². The average Bonchev–Trinajstić information content (AvgIpc) is 0.770. The molecule has 0 amide bonds. The van der Waals surface area contributed by atoms with Crippen molar-refractivity contribution in [2.24, 2.45) is 0 Å². The molecule has 9 heterocycles. The average molecular weight is 1690 g/mol. The van der Waals surface area contributed by atoms with Crippen LogP contribution in [-0.4, -0.2) is 59.8 Å². The fourth-order valence-electron chi connectivity index (χ4n) is 17.3. The van der Waals surface area contributed by atoms with Crippen molar-refractivity contribution >= 4 is 65.2 Å². The molecule has 0 atom stereocenters. The highest BCUT2D eigenvalue weighted by Crippen LogP contribution is 2.43. The van der Waals surface area contributed by atoms with Gasteiger partial charge in [-0.15, -0.1) is 0 Å². The summed E-state index contributed by atoms with van der Waals surface area (Å²) in [6.07, 6.45) is 14.9. The van der Waals surface area contributed by atoms with E-state index in [1.54, 1.807) is 0 Å². The van der Waals surface area contributed by atoms with Gasteiger partial charge in [-0.2, -0.15) is 0 Å². The Morgan fingerprint density at radius 1 is 0.136 bits per heavy atom. The van der Waals surface area contributed by atoms with Crippen LogP contribution in [-0.2, 0) is 0 Å². The van der Waals surface area contributed by atoms with Crippen molar-refractivity contribution in [1.29, 1.82) is 0 Å². The minimum atomic E-state index is 0.672. The number of hydrogen-bond donors (Lipinski definition) is 0. The smallest absolute Gasteiger partial charge is 0.160 e. The molecule has 0 spiro atoms. The summed E-state index contributed by atoms with van der Waals surface area (Å²) in [5.41, 5.74) is 31.5. The second-order valence-corrected chi connectivity index (χ2v) is 32.4. The first kappa shape index (κ1) is 79.9. The highest BCUT2D eigenvalue weighted by Gasteiger charge is 2.21. The van der Waals surface area contributed by atoms with Crippen molar-refractivity contribution in [3.05, 3.63) is 474 Å². The minimum absolute atomic E-state index is 0.672. The molecule has 12 heteroatoms. The number of hydrogen-bond acceptors (Lipinski definition) is 12. The number of fused-ring (bicyclic) bond motifs is 6. The molecule has 0 radical (unpaired) electrons. The lowest BCUT2D eigenvalue weighted by molar-refractivity contribution is 1.18. The second-order valence-electron chi connectivity index (χ2n) is 32.4. The first-order valence-corrected chi connectivity index (χ1v) is 43.9. The van der Waals surface area contributed by atoms with Crippen LogP contribution in [0.2, 0.25) is 0 Å². The molecule has 24 rings (SSSR count). The van der Waals surface area contributed by atoms with Crippen LogP contribution in [0.4, 0.5) is 0 Å². The molecule has 132 heavy (non-hydrogen) atoms. The lowest BCUT2D eigenvalue weighted by atomic mass is 9.91. The van der Waals surface area contributed by atoms with Gasteiger partial charge in [-0.25, -0.2) is 29.9 Å². The molecule has 0 aliphatic carbocycles. The van der Waals surface area contributed by atoms with Gasteiger partial charge >= 0.3 is 0 Å². The van der Waals surface area contributed by atoms with Crippen LogP contribution in [0.5, 0.6) is 0 Å². The van der Waals surface area contributed by atoms with Crippen molar-refractivity contribution in [3.63, 3.8) is 0 Å². The van der Waals surface area contributed by atoms with Crippen LogP contribution < -0.4 is 0 Å². The van der Waals surface area contributed by atoms with Crippen molar-refractivity contribution in [2.45, 2.75) is 0 Å². The van der Waals surface area contributed by atoms with E-state index in [2.05, 4.69) is 321 Å². The van der Waals surface area contributed by atoms with Crippen LogP contribution in [0.1, 0.15) is 0 Å². The number of benzene rings is 15. The van der Waals surface area contributed by atoms with Crippen LogP contribution >= 0.6 is 0 Å². The van der Waals surface area contributed by atoms with Crippen molar-refractivity contribution in [2.75, 3.05) is 0 Å². The zero-order chi connectivity index (χ0) is 87.9. The molecule has 0 aliphatic heterocycles. The maximum Gasteiger partial charge on any atom is 0.160 e. The first-order chi connectivity index (χ1) is 65.3. The summed E-state index contributed by atoms with van der Waals surface area (Å²) in [7, 11) is 0. The summed E-state index contributed by atoms with van der Waals surface area (Å²) in [5, 5.41) is 8.92. The largest absolute Gasteiger partial charge is 0.264 e. The van der Waals surface area contributed by atoms with Gasteiger partial charge in [-0.05, 0) is 223 Å². The molecule has 0 unspecified atom stereocenters.